The maximum absolute atomic E-state index is 11.5. The minimum Gasteiger partial charge on any atom is -0.481 e. The van der Waals surface area contributed by atoms with E-state index in [4.69, 9.17) is 5.11 Å². The van der Waals surface area contributed by atoms with Crippen LogP contribution in [-0.2, 0) is 16.0 Å². The van der Waals surface area contributed by atoms with Gasteiger partial charge in [0.05, 0.1) is 11.3 Å². The molecule has 0 saturated carbocycles. The van der Waals surface area contributed by atoms with E-state index in [1.807, 2.05) is 0 Å². The van der Waals surface area contributed by atoms with Gasteiger partial charge in [-0.05, 0) is 12.0 Å². The van der Waals surface area contributed by atoms with Crippen molar-refractivity contribution >= 4 is 17.6 Å². The molecule has 1 aromatic rings. The molecule has 0 atom stereocenters. The van der Waals surface area contributed by atoms with Gasteiger partial charge in [0.15, 0.2) is 0 Å². The molecule has 0 bridgehead atoms. The fraction of sp³-hybridized carbons (Fsp3) is 0.333. The minimum atomic E-state index is -0.899. The van der Waals surface area contributed by atoms with Gasteiger partial charge in [0.2, 0.25) is 5.91 Å². The predicted molar refractivity (Wildman–Crippen MR) is 66.7 cm³/mol. The summed E-state index contributed by atoms with van der Waals surface area (Å²) in [7, 11) is 0. The number of amides is 1. The number of hydrogen-bond donors (Lipinski definition) is 2. The average Bonchev–Trinajstić information content (AvgIpc) is 2.35. The van der Waals surface area contributed by atoms with Crippen molar-refractivity contribution in [1.29, 1.82) is 0 Å². The second-order valence-electron chi connectivity index (χ2n) is 3.95. The van der Waals surface area contributed by atoms with Gasteiger partial charge in [0, 0.05) is 25.1 Å². The van der Waals surface area contributed by atoms with E-state index in [9.17, 15) is 19.7 Å². The van der Waals surface area contributed by atoms with Crippen molar-refractivity contribution in [3.63, 3.8) is 0 Å². The smallest absolute Gasteiger partial charge is 0.303 e. The lowest BCUT2D eigenvalue weighted by Crippen LogP contribution is -2.26. The van der Waals surface area contributed by atoms with Crippen molar-refractivity contribution in [2.75, 3.05) is 6.54 Å². The van der Waals surface area contributed by atoms with E-state index in [-0.39, 0.29) is 24.4 Å². The number of nitro benzene ring substituents is 1. The molecule has 19 heavy (non-hydrogen) atoms. The van der Waals surface area contributed by atoms with E-state index in [2.05, 4.69) is 5.32 Å². The van der Waals surface area contributed by atoms with Crippen LogP contribution in [0, 0.1) is 10.1 Å². The number of carboxylic acids is 1. The highest BCUT2D eigenvalue weighted by Crippen LogP contribution is 2.12. The molecule has 1 amide bonds. The Morgan fingerprint density at radius 2 is 1.89 bits per heavy atom. The van der Waals surface area contributed by atoms with Gasteiger partial charge in [0.25, 0.3) is 5.69 Å². The summed E-state index contributed by atoms with van der Waals surface area (Å²) < 4.78 is 0. The Morgan fingerprint density at radius 1 is 1.26 bits per heavy atom. The highest BCUT2D eigenvalue weighted by molar-refractivity contribution is 5.78. The van der Waals surface area contributed by atoms with Crippen LogP contribution in [0.1, 0.15) is 18.4 Å². The third kappa shape index (κ3) is 5.62. The lowest BCUT2D eigenvalue weighted by Gasteiger charge is -2.04. The van der Waals surface area contributed by atoms with Crippen LogP contribution < -0.4 is 5.32 Å². The molecule has 7 heteroatoms. The number of nitrogens with one attached hydrogen (secondary N) is 1. The summed E-state index contributed by atoms with van der Waals surface area (Å²) in [6, 6.07) is 5.73. The van der Waals surface area contributed by atoms with Crippen molar-refractivity contribution in [3.05, 3.63) is 39.9 Å². The van der Waals surface area contributed by atoms with Crippen LogP contribution in [0.3, 0.4) is 0 Å². The first-order chi connectivity index (χ1) is 8.99. The van der Waals surface area contributed by atoms with Crippen molar-refractivity contribution in [2.45, 2.75) is 19.3 Å². The van der Waals surface area contributed by atoms with Crippen molar-refractivity contribution in [1.82, 2.24) is 5.32 Å². The molecule has 0 spiro atoms. The van der Waals surface area contributed by atoms with Crippen molar-refractivity contribution < 1.29 is 19.6 Å². The zero-order chi connectivity index (χ0) is 14.3. The molecule has 0 aliphatic carbocycles. The topological polar surface area (TPSA) is 110 Å². The summed E-state index contributed by atoms with van der Waals surface area (Å²) in [5.41, 5.74) is 0.645. The molecule has 102 valence electrons. The number of benzene rings is 1. The summed E-state index contributed by atoms with van der Waals surface area (Å²) in [5.74, 6) is -1.14. The molecular formula is C12H14N2O5. The summed E-state index contributed by atoms with van der Waals surface area (Å²) >= 11 is 0. The lowest BCUT2D eigenvalue weighted by atomic mass is 10.1. The van der Waals surface area contributed by atoms with Crippen molar-refractivity contribution in [2.24, 2.45) is 0 Å². The Morgan fingerprint density at radius 3 is 2.42 bits per heavy atom. The van der Waals surface area contributed by atoms with Gasteiger partial charge < -0.3 is 10.4 Å². The van der Waals surface area contributed by atoms with Gasteiger partial charge in [0.1, 0.15) is 0 Å². The van der Waals surface area contributed by atoms with Crippen LogP contribution in [0.4, 0.5) is 5.69 Å². The van der Waals surface area contributed by atoms with Crippen LogP contribution in [-0.4, -0.2) is 28.5 Å². The summed E-state index contributed by atoms with van der Waals surface area (Å²) in [6.07, 6.45) is 0.504. The average molecular weight is 266 g/mol. The maximum Gasteiger partial charge on any atom is 0.303 e. The third-order valence-electron chi connectivity index (χ3n) is 2.40. The molecule has 0 heterocycles. The number of carbonyl (C=O) groups excluding carboxylic acids is 1. The normalized spacial score (nSPS) is 9.89. The molecule has 1 rings (SSSR count). The van der Waals surface area contributed by atoms with Gasteiger partial charge in [-0.2, -0.15) is 0 Å². The highest BCUT2D eigenvalue weighted by Gasteiger charge is 2.07. The number of non-ortho nitro benzene ring substituents is 1. The van der Waals surface area contributed by atoms with E-state index in [0.29, 0.717) is 18.5 Å². The fourth-order valence-electron chi connectivity index (χ4n) is 1.45. The molecule has 0 unspecified atom stereocenters. The zero-order valence-electron chi connectivity index (χ0n) is 10.2. The molecule has 0 saturated heterocycles. The Bertz CT molecular complexity index is 470. The Balaban J connectivity index is 2.35. The second-order valence-corrected chi connectivity index (χ2v) is 3.95. The number of nitro groups is 1. The molecule has 0 aliphatic rings. The van der Waals surface area contributed by atoms with E-state index in [0.717, 1.165) is 0 Å². The Kier molecular flexibility index (Phi) is 5.46. The molecule has 2 N–H and O–H groups in total. The Labute approximate surface area is 109 Å². The zero-order valence-corrected chi connectivity index (χ0v) is 10.2. The fourth-order valence-corrected chi connectivity index (χ4v) is 1.45. The van der Waals surface area contributed by atoms with Gasteiger partial charge in [-0.25, -0.2) is 0 Å². The molecule has 0 aromatic heterocycles. The molecular weight excluding hydrogens is 252 g/mol. The first-order valence-corrected chi connectivity index (χ1v) is 5.71. The quantitative estimate of drug-likeness (QED) is 0.436. The second kappa shape index (κ2) is 7.10. The van der Waals surface area contributed by atoms with E-state index in [1.165, 1.54) is 24.3 Å². The molecule has 0 radical (unpaired) electrons. The largest absolute Gasteiger partial charge is 0.481 e. The van der Waals surface area contributed by atoms with E-state index < -0.39 is 10.9 Å². The van der Waals surface area contributed by atoms with Crippen LogP contribution in [0.15, 0.2) is 24.3 Å². The SMILES string of the molecule is O=C(O)CCCNC(=O)Cc1ccc([N+](=O)[O-])cc1. The van der Waals surface area contributed by atoms with Crippen LogP contribution in [0.5, 0.6) is 0 Å². The van der Waals surface area contributed by atoms with Gasteiger partial charge >= 0.3 is 5.97 Å². The lowest BCUT2D eigenvalue weighted by molar-refractivity contribution is -0.384. The number of nitrogens with zero attached hydrogens (tertiary/aromatic N) is 1. The molecule has 0 fully saturated rings. The summed E-state index contributed by atoms with van der Waals surface area (Å²) in [4.78, 5) is 31.7. The maximum atomic E-state index is 11.5. The molecule has 0 aliphatic heterocycles. The van der Waals surface area contributed by atoms with Crippen LogP contribution >= 0.6 is 0 Å². The first kappa shape index (κ1) is 14.6. The van der Waals surface area contributed by atoms with Crippen LogP contribution in [0.2, 0.25) is 0 Å². The number of rotatable bonds is 7. The number of carboxylic acid groups (broad SMARTS) is 1. The summed E-state index contributed by atoms with van der Waals surface area (Å²) in [5, 5.41) is 21.4. The number of aliphatic carboxylic acids is 1. The molecule has 7 nitrogen and oxygen atoms in total. The Hall–Kier alpha value is -2.44. The minimum absolute atomic E-state index is 0.0117. The number of hydrogen-bond acceptors (Lipinski definition) is 4. The van der Waals surface area contributed by atoms with Gasteiger partial charge in [-0.3, -0.25) is 19.7 Å². The monoisotopic (exact) mass is 266 g/mol. The van der Waals surface area contributed by atoms with Crippen molar-refractivity contribution in [3.8, 4) is 0 Å². The van der Waals surface area contributed by atoms with E-state index in [1.54, 1.807) is 0 Å². The molecule has 1 aromatic carbocycles. The summed E-state index contributed by atoms with van der Waals surface area (Å²) in [6.45, 7) is 0.304. The van der Waals surface area contributed by atoms with Gasteiger partial charge in [-0.15, -0.1) is 0 Å². The van der Waals surface area contributed by atoms with Gasteiger partial charge in [-0.1, -0.05) is 12.1 Å². The van der Waals surface area contributed by atoms with Crippen LogP contribution in [0.25, 0.3) is 0 Å². The highest BCUT2D eigenvalue weighted by atomic mass is 16.6. The van der Waals surface area contributed by atoms with E-state index >= 15 is 0 Å². The first-order valence-electron chi connectivity index (χ1n) is 5.71. The standard InChI is InChI=1S/C12H14N2O5/c15-11(13-7-1-2-12(16)17)8-9-3-5-10(6-4-9)14(18)19/h3-6H,1-2,7-8H2,(H,13,15)(H,16,17). The third-order valence-corrected chi connectivity index (χ3v) is 2.40. The number of carbonyl (C=O) groups is 2. The predicted octanol–water partition coefficient (Wildman–Crippen LogP) is 1.12.